The highest BCUT2D eigenvalue weighted by Crippen LogP contribution is 2.17. The Bertz CT molecular complexity index is 701. The molecular weight excluding hydrogens is 268 g/mol. The Morgan fingerprint density at radius 3 is 2.57 bits per heavy atom. The first-order chi connectivity index (χ1) is 10.2. The van der Waals surface area contributed by atoms with E-state index in [-0.39, 0.29) is 5.71 Å². The van der Waals surface area contributed by atoms with Crippen LogP contribution in [0.4, 0.5) is 5.69 Å². The zero-order valence-electron chi connectivity index (χ0n) is 11.3. The monoisotopic (exact) mass is 280 g/mol. The van der Waals surface area contributed by atoms with Crippen LogP contribution in [0.1, 0.15) is 5.69 Å². The minimum atomic E-state index is -0.230. The molecule has 21 heavy (non-hydrogen) atoms. The summed E-state index contributed by atoms with van der Waals surface area (Å²) in [6.07, 6.45) is 1.71. The molecule has 2 aromatic rings. The SMILES string of the molecule is Cn1nccc1COc1ccc(NN=C(C#N)C#N)cc1. The second-order valence-corrected chi connectivity index (χ2v) is 4.06. The molecule has 1 aromatic heterocycles. The number of aryl methyl sites for hydroxylation is 1. The van der Waals surface area contributed by atoms with Crippen LogP contribution >= 0.6 is 0 Å². The number of hydrazone groups is 1. The summed E-state index contributed by atoms with van der Waals surface area (Å²) in [5.41, 5.74) is 4.02. The van der Waals surface area contributed by atoms with Crippen molar-refractivity contribution in [2.75, 3.05) is 5.43 Å². The summed E-state index contributed by atoms with van der Waals surface area (Å²) < 4.78 is 7.37. The summed E-state index contributed by atoms with van der Waals surface area (Å²) in [6, 6.07) is 12.3. The third-order valence-electron chi connectivity index (χ3n) is 2.67. The predicted molar refractivity (Wildman–Crippen MR) is 76.3 cm³/mol. The number of aromatic nitrogens is 2. The van der Waals surface area contributed by atoms with Crippen LogP contribution in [0.5, 0.6) is 5.75 Å². The molecule has 0 saturated carbocycles. The maximum Gasteiger partial charge on any atom is 0.237 e. The van der Waals surface area contributed by atoms with E-state index in [2.05, 4.69) is 15.6 Å². The van der Waals surface area contributed by atoms with Crippen LogP contribution in [0.25, 0.3) is 0 Å². The fourth-order valence-electron chi connectivity index (χ4n) is 1.52. The van der Waals surface area contributed by atoms with Crippen LogP contribution in [-0.4, -0.2) is 15.5 Å². The lowest BCUT2D eigenvalue weighted by molar-refractivity contribution is 0.295. The van der Waals surface area contributed by atoms with Gasteiger partial charge in [-0.3, -0.25) is 10.1 Å². The lowest BCUT2D eigenvalue weighted by Gasteiger charge is -2.07. The Morgan fingerprint density at radius 1 is 1.29 bits per heavy atom. The molecule has 0 atom stereocenters. The number of rotatable bonds is 5. The summed E-state index contributed by atoms with van der Waals surface area (Å²) >= 11 is 0. The van der Waals surface area contributed by atoms with E-state index in [0.29, 0.717) is 18.0 Å². The van der Waals surface area contributed by atoms with E-state index in [1.54, 1.807) is 47.3 Å². The van der Waals surface area contributed by atoms with Gasteiger partial charge in [0.2, 0.25) is 5.71 Å². The molecule has 1 heterocycles. The van der Waals surface area contributed by atoms with Crippen molar-refractivity contribution >= 4 is 11.4 Å². The van der Waals surface area contributed by atoms with Gasteiger partial charge in [-0.2, -0.15) is 20.7 Å². The molecule has 0 fully saturated rings. The van der Waals surface area contributed by atoms with Gasteiger partial charge >= 0.3 is 0 Å². The predicted octanol–water partition coefficient (Wildman–Crippen LogP) is 1.81. The highest BCUT2D eigenvalue weighted by Gasteiger charge is 2.00. The molecule has 0 amide bonds. The van der Waals surface area contributed by atoms with E-state index in [9.17, 15) is 0 Å². The molecule has 0 radical (unpaired) electrons. The average Bonchev–Trinajstić information content (AvgIpc) is 2.93. The fourth-order valence-corrected chi connectivity index (χ4v) is 1.52. The zero-order chi connectivity index (χ0) is 15.1. The lowest BCUT2D eigenvalue weighted by atomic mass is 10.3. The lowest BCUT2D eigenvalue weighted by Crippen LogP contribution is -2.03. The third-order valence-corrected chi connectivity index (χ3v) is 2.67. The zero-order valence-corrected chi connectivity index (χ0v) is 11.3. The molecule has 2 rings (SSSR count). The van der Waals surface area contributed by atoms with Gasteiger partial charge in [0.05, 0.1) is 11.4 Å². The summed E-state index contributed by atoms with van der Waals surface area (Å²) in [5, 5.41) is 24.8. The van der Waals surface area contributed by atoms with Crippen LogP contribution in [0.3, 0.4) is 0 Å². The van der Waals surface area contributed by atoms with Crippen LogP contribution in [0, 0.1) is 22.7 Å². The van der Waals surface area contributed by atoms with Gasteiger partial charge in [0.1, 0.15) is 24.5 Å². The second kappa shape index (κ2) is 6.73. The van der Waals surface area contributed by atoms with Gasteiger partial charge in [-0.15, -0.1) is 0 Å². The second-order valence-electron chi connectivity index (χ2n) is 4.06. The molecule has 7 heteroatoms. The Kier molecular flexibility index (Phi) is 4.52. The highest BCUT2D eigenvalue weighted by molar-refractivity contribution is 6.10. The summed E-state index contributed by atoms with van der Waals surface area (Å²) in [6.45, 7) is 0.425. The molecule has 0 spiro atoms. The van der Waals surface area contributed by atoms with Gasteiger partial charge in [-0.05, 0) is 30.3 Å². The van der Waals surface area contributed by atoms with E-state index in [1.807, 2.05) is 13.1 Å². The summed E-state index contributed by atoms with van der Waals surface area (Å²) in [5.74, 6) is 0.700. The van der Waals surface area contributed by atoms with Crippen LogP contribution in [0.15, 0.2) is 41.6 Å². The number of ether oxygens (including phenoxy) is 1. The van der Waals surface area contributed by atoms with Crippen molar-refractivity contribution in [2.45, 2.75) is 6.61 Å². The highest BCUT2D eigenvalue weighted by atomic mass is 16.5. The summed E-state index contributed by atoms with van der Waals surface area (Å²) in [4.78, 5) is 0. The van der Waals surface area contributed by atoms with Gasteiger partial charge in [-0.25, -0.2) is 0 Å². The first-order valence-electron chi connectivity index (χ1n) is 6.06. The molecule has 0 bridgehead atoms. The van der Waals surface area contributed by atoms with Crippen molar-refractivity contribution in [1.29, 1.82) is 10.5 Å². The van der Waals surface area contributed by atoms with Gasteiger partial charge in [0.15, 0.2) is 0 Å². The quantitative estimate of drug-likeness (QED) is 0.665. The minimum absolute atomic E-state index is 0.230. The van der Waals surface area contributed by atoms with Crippen molar-refractivity contribution in [3.63, 3.8) is 0 Å². The van der Waals surface area contributed by atoms with Crippen molar-refractivity contribution in [1.82, 2.24) is 9.78 Å². The van der Waals surface area contributed by atoms with E-state index < -0.39 is 0 Å². The molecular formula is C14H12N6O. The molecule has 1 aromatic carbocycles. The first kappa shape index (κ1) is 14.1. The van der Waals surface area contributed by atoms with E-state index in [0.717, 1.165) is 5.69 Å². The Morgan fingerprint density at radius 2 is 2.00 bits per heavy atom. The Labute approximate surface area is 121 Å². The molecule has 0 saturated heterocycles. The third kappa shape index (κ3) is 3.82. The smallest absolute Gasteiger partial charge is 0.237 e. The molecule has 0 unspecified atom stereocenters. The Balaban J connectivity index is 1.94. The van der Waals surface area contributed by atoms with Crippen molar-refractivity contribution in [2.24, 2.45) is 12.1 Å². The van der Waals surface area contributed by atoms with Gasteiger partial charge in [-0.1, -0.05) is 0 Å². The van der Waals surface area contributed by atoms with Gasteiger partial charge in [0.25, 0.3) is 0 Å². The normalized spacial score (nSPS) is 9.29. The number of nitrogens with zero attached hydrogens (tertiary/aromatic N) is 5. The van der Waals surface area contributed by atoms with Crippen LogP contribution in [-0.2, 0) is 13.7 Å². The maximum absolute atomic E-state index is 8.56. The average molecular weight is 280 g/mol. The number of hydrogen-bond acceptors (Lipinski definition) is 6. The topological polar surface area (TPSA) is 99.0 Å². The molecule has 0 aliphatic heterocycles. The molecule has 0 aliphatic carbocycles. The molecule has 0 aliphatic rings. The van der Waals surface area contributed by atoms with Crippen LogP contribution < -0.4 is 10.2 Å². The first-order valence-corrected chi connectivity index (χ1v) is 6.06. The molecule has 1 N–H and O–H groups in total. The van der Waals surface area contributed by atoms with Gasteiger partial charge in [0, 0.05) is 13.2 Å². The van der Waals surface area contributed by atoms with E-state index in [1.165, 1.54) is 0 Å². The fraction of sp³-hybridized carbons (Fsp3) is 0.143. The number of benzene rings is 1. The largest absolute Gasteiger partial charge is 0.487 e. The van der Waals surface area contributed by atoms with E-state index in [4.69, 9.17) is 15.3 Å². The number of anilines is 1. The maximum atomic E-state index is 8.56. The molecule has 104 valence electrons. The summed E-state index contributed by atoms with van der Waals surface area (Å²) in [7, 11) is 1.85. The van der Waals surface area contributed by atoms with Gasteiger partial charge < -0.3 is 4.74 Å². The number of nitrogens with one attached hydrogen (secondary N) is 1. The minimum Gasteiger partial charge on any atom is -0.487 e. The Hall–Kier alpha value is -3.32. The van der Waals surface area contributed by atoms with Crippen molar-refractivity contribution in [3.05, 3.63) is 42.2 Å². The van der Waals surface area contributed by atoms with Crippen molar-refractivity contribution in [3.8, 4) is 17.9 Å². The molecule has 7 nitrogen and oxygen atoms in total. The van der Waals surface area contributed by atoms with Crippen molar-refractivity contribution < 1.29 is 4.74 Å². The van der Waals surface area contributed by atoms with E-state index >= 15 is 0 Å². The number of nitriles is 2. The number of hydrogen-bond donors (Lipinski definition) is 1. The standard InChI is InChI=1S/C14H12N6O/c1-20-13(6-7-17-20)10-21-14-4-2-11(3-5-14)18-19-12(8-15)9-16/h2-7,18H,10H2,1H3. The van der Waals surface area contributed by atoms with Crippen LogP contribution in [0.2, 0.25) is 0 Å².